The summed E-state index contributed by atoms with van der Waals surface area (Å²) in [6.45, 7) is 1.88. The fraction of sp³-hybridized carbons (Fsp3) is 0.273. The normalized spacial score (nSPS) is 24.0. The summed E-state index contributed by atoms with van der Waals surface area (Å²) in [5, 5.41) is 2.64. The Morgan fingerprint density at radius 2 is 1.93 bits per heavy atom. The summed E-state index contributed by atoms with van der Waals surface area (Å²) in [4.78, 5) is 15.9. The molecule has 0 saturated carbocycles. The highest BCUT2D eigenvalue weighted by Crippen LogP contribution is 2.39. The van der Waals surface area contributed by atoms with Gasteiger partial charge in [0.2, 0.25) is 5.54 Å². The molecule has 0 saturated heterocycles. The Bertz CT molecular complexity index is 397. The van der Waals surface area contributed by atoms with E-state index in [1.807, 2.05) is 37.3 Å². The molecule has 0 aromatic heterocycles. The van der Waals surface area contributed by atoms with Gasteiger partial charge >= 0.3 is 0 Å². The van der Waals surface area contributed by atoms with E-state index in [-0.39, 0.29) is 5.91 Å². The molecule has 0 aliphatic carbocycles. The molecule has 1 aliphatic rings. The number of rotatable bonds is 2. The maximum Gasteiger partial charge on any atom is 0.258 e. The molecule has 3 heteroatoms. The van der Waals surface area contributed by atoms with Gasteiger partial charge in [-0.2, -0.15) is 0 Å². The van der Waals surface area contributed by atoms with E-state index in [1.165, 1.54) is 0 Å². The molecule has 1 amide bonds. The number of hydrogen-bond donors (Lipinski definition) is 1. The van der Waals surface area contributed by atoms with Crippen LogP contribution in [0.15, 0.2) is 35.3 Å². The first-order chi connectivity index (χ1) is 6.71. The molecule has 1 aliphatic heterocycles. The number of likely N-dealkylation sites (N-methyl/N-ethyl adjacent to an activating group) is 1. The first kappa shape index (κ1) is 8.94. The lowest BCUT2D eigenvalue weighted by molar-refractivity contribution is -0.122. The van der Waals surface area contributed by atoms with Gasteiger partial charge in [-0.05, 0) is 12.5 Å². The Balaban J connectivity index is 2.37. The van der Waals surface area contributed by atoms with E-state index in [0.717, 1.165) is 11.3 Å². The fourth-order valence-electron chi connectivity index (χ4n) is 1.70. The number of nitrogens with one attached hydrogen (secondary N) is 1. The third kappa shape index (κ3) is 1.05. The summed E-state index contributed by atoms with van der Waals surface area (Å²) < 4.78 is 0. The van der Waals surface area contributed by atoms with Crippen molar-refractivity contribution in [1.29, 1.82) is 0 Å². The molecule has 1 N–H and O–H groups in total. The molecule has 0 fully saturated rings. The van der Waals surface area contributed by atoms with Crippen LogP contribution in [0.1, 0.15) is 12.5 Å². The Kier molecular flexibility index (Phi) is 1.88. The van der Waals surface area contributed by atoms with Crippen molar-refractivity contribution < 1.29 is 4.79 Å². The van der Waals surface area contributed by atoms with E-state index in [0.29, 0.717) is 0 Å². The largest absolute Gasteiger partial charge is 0.356 e. The molecular weight excluding hydrogens is 176 g/mol. The second-order valence-electron chi connectivity index (χ2n) is 3.35. The summed E-state index contributed by atoms with van der Waals surface area (Å²) in [6, 6.07) is 9.62. The zero-order valence-corrected chi connectivity index (χ0v) is 8.24. The van der Waals surface area contributed by atoms with Gasteiger partial charge in [0.15, 0.2) is 0 Å². The topological polar surface area (TPSA) is 41.5 Å². The van der Waals surface area contributed by atoms with Crippen LogP contribution in [0.5, 0.6) is 0 Å². The monoisotopic (exact) mass is 188 g/mol. The van der Waals surface area contributed by atoms with Crippen LogP contribution in [-0.4, -0.2) is 18.7 Å². The van der Waals surface area contributed by atoms with Gasteiger partial charge in [-0.1, -0.05) is 30.3 Å². The van der Waals surface area contributed by atoms with Crippen LogP contribution < -0.4 is 5.32 Å². The highest BCUT2D eigenvalue weighted by Gasteiger charge is 2.52. The van der Waals surface area contributed by atoms with Gasteiger partial charge in [-0.25, -0.2) is 0 Å². The first-order valence-electron chi connectivity index (χ1n) is 4.56. The summed E-state index contributed by atoms with van der Waals surface area (Å²) in [7, 11) is 1.63. The zero-order valence-electron chi connectivity index (χ0n) is 8.24. The second-order valence-corrected chi connectivity index (χ2v) is 3.35. The maximum absolute atomic E-state index is 11.7. The van der Waals surface area contributed by atoms with E-state index in [4.69, 9.17) is 0 Å². The quantitative estimate of drug-likeness (QED) is 0.742. The molecule has 1 unspecified atom stereocenters. The van der Waals surface area contributed by atoms with Crippen LogP contribution in [0.2, 0.25) is 0 Å². The van der Waals surface area contributed by atoms with Crippen molar-refractivity contribution >= 4 is 11.6 Å². The Labute approximate surface area is 82.9 Å². The van der Waals surface area contributed by atoms with Crippen LogP contribution in [-0.2, 0) is 10.3 Å². The molecule has 1 atom stereocenters. The van der Waals surface area contributed by atoms with Gasteiger partial charge in [0, 0.05) is 7.05 Å². The number of amides is 1. The Morgan fingerprint density at radius 3 is 2.36 bits per heavy atom. The highest BCUT2D eigenvalue weighted by molar-refractivity contribution is 6.22. The van der Waals surface area contributed by atoms with E-state index >= 15 is 0 Å². The highest BCUT2D eigenvalue weighted by atomic mass is 16.2. The smallest absolute Gasteiger partial charge is 0.258 e. The first-order valence-corrected chi connectivity index (χ1v) is 4.56. The lowest BCUT2D eigenvalue weighted by Crippen LogP contribution is -2.36. The Hall–Kier alpha value is -1.64. The number of carbonyl (C=O) groups excluding carboxylic acids is 1. The van der Waals surface area contributed by atoms with Gasteiger partial charge in [0.1, 0.15) is 0 Å². The van der Waals surface area contributed by atoms with Gasteiger partial charge in [0.25, 0.3) is 5.91 Å². The molecule has 2 rings (SSSR count). The van der Waals surface area contributed by atoms with Gasteiger partial charge < -0.3 is 5.32 Å². The zero-order chi connectivity index (χ0) is 10.2. The van der Waals surface area contributed by atoms with Crippen molar-refractivity contribution in [3.63, 3.8) is 0 Å². The molecule has 1 heterocycles. The molecule has 1 aromatic carbocycles. The molecule has 14 heavy (non-hydrogen) atoms. The summed E-state index contributed by atoms with van der Waals surface area (Å²) >= 11 is 0. The van der Waals surface area contributed by atoms with Crippen molar-refractivity contribution in [1.82, 2.24) is 5.32 Å². The number of nitrogens with zero attached hydrogens (tertiary/aromatic N) is 1. The SMILES string of the molecule is CNC(=O)C1(c2ccccc2)N=C1C. The van der Waals surface area contributed by atoms with Crippen molar-refractivity contribution in [3.05, 3.63) is 35.9 Å². The number of hydrogen-bond acceptors (Lipinski definition) is 2. The summed E-state index contributed by atoms with van der Waals surface area (Å²) in [6.07, 6.45) is 0. The van der Waals surface area contributed by atoms with Crippen LogP contribution in [0.25, 0.3) is 0 Å². The van der Waals surface area contributed by atoms with E-state index in [1.54, 1.807) is 7.05 Å². The van der Waals surface area contributed by atoms with Crippen LogP contribution in [0, 0.1) is 0 Å². The van der Waals surface area contributed by atoms with E-state index in [9.17, 15) is 4.79 Å². The minimum absolute atomic E-state index is 0.0544. The molecule has 3 nitrogen and oxygen atoms in total. The second kappa shape index (κ2) is 2.94. The van der Waals surface area contributed by atoms with E-state index < -0.39 is 5.54 Å². The molecule has 72 valence electrons. The van der Waals surface area contributed by atoms with Gasteiger partial charge in [-0.3, -0.25) is 9.79 Å². The molecule has 0 radical (unpaired) electrons. The molecule has 0 bridgehead atoms. The maximum atomic E-state index is 11.7. The van der Waals surface area contributed by atoms with Crippen LogP contribution in [0.4, 0.5) is 0 Å². The summed E-state index contributed by atoms with van der Waals surface area (Å²) in [5.41, 5.74) is 1.12. The number of benzene rings is 1. The third-order valence-corrected chi connectivity index (χ3v) is 2.56. The Morgan fingerprint density at radius 1 is 1.36 bits per heavy atom. The van der Waals surface area contributed by atoms with Gasteiger partial charge in [0.05, 0.1) is 5.71 Å². The predicted octanol–water partition coefficient (Wildman–Crippen LogP) is 1.10. The average molecular weight is 188 g/mol. The predicted molar refractivity (Wildman–Crippen MR) is 55.3 cm³/mol. The lowest BCUT2D eigenvalue weighted by atomic mass is 9.93. The average Bonchev–Trinajstić information content (AvgIpc) is 2.92. The van der Waals surface area contributed by atoms with Crippen molar-refractivity contribution in [2.45, 2.75) is 12.5 Å². The van der Waals surface area contributed by atoms with Gasteiger partial charge in [-0.15, -0.1) is 0 Å². The molecule has 1 aromatic rings. The standard InChI is InChI=1S/C11H12N2O/c1-8-11(13-8,10(14)12-2)9-6-4-3-5-7-9/h3-7H,1-2H3,(H,12,14). The lowest BCUT2D eigenvalue weighted by Gasteiger charge is -2.12. The van der Waals surface area contributed by atoms with Crippen molar-refractivity contribution in [3.8, 4) is 0 Å². The number of aliphatic imine (C=N–C) groups is 1. The van der Waals surface area contributed by atoms with Crippen molar-refractivity contribution in [2.24, 2.45) is 4.99 Å². The molecule has 0 spiro atoms. The minimum atomic E-state index is -0.698. The number of carbonyl (C=O) groups is 1. The fourth-order valence-corrected chi connectivity index (χ4v) is 1.70. The minimum Gasteiger partial charge on any atom is -0.356 e. The summed E-state index contributed by atoms with van der Waals surface area (Å²) in [5.74, 6) is -0.0544. The van der Waals surface area contributed by atoms with Crippen LogP contribution in [0.3, 0.4) is 0 Å². The molecular formula is C11H12N2O. The third-order valence-electron chi connectivity index (χ3n) is 2.56. The van der Waals surface area contributed by atoms with E-state index in [2.05, 4.69) is 10.3 Å². The van der Waals surface area contributed by atoms with Crippen LogP contribution >= 0.6 is 0 Å². The van der Waals surface area contributed by atoms with Crippen molar-refractivity contribution in [2.75, 3.05) is 7.05 Å².